The minimum absolute atomic E-state index is 0.253. The third-order valence-electron chi connectivity index (χ3n) is 3.15. The number of hydrogen-bond acceptors (Lipinski definition) is 3. The van der Waals surface area contributed by atoms with E-state index in [0.29, 0.717) is 23.4 Å². The van der Waals surface area contributed by atoms with Crippen LogP contribution in [-0.4, -0.2) is 12.6 Å². The Morgan fingerprint density at radius 3 is 2.43 bits per heavy atom. The summed E-state index contributed by atoms with van der Waals surface area (Å²) in [5.74, 6) is -0.406. The van der Waals surface area contributed by atoms with Gasteiger partial charge in [0.2, 0.25) is 0 Å². The zero-order chi connectivity index (χ0) is 16.9. The van der Waals surface area contributed by atoms with Crippen molar-refractivity contribution in [1.82, 2.24) is 0 Å². The number of benzene rings is 2. The summed E-state index contributed by atoms with van der Waals surface area (Å²) in [6.07, 6.45) is -4.35. The summed E-state index contributed by atoms with van der Waals surface area (Å²) in [6, 6.07) is 11.7. The summed E-state index contributed by atoms with van der Waals surface area (Å²) in [7, 11) is 0. The molecule has 0 amide bonds. The van der Waals surface area contributed by atoms with Crippen LogP contribution in [0.4, 0.5) is 18.9 Å². The van der Waals surface area contributed by atoms with Gasteiger partial charge in [-0.15, -0.1) is 0 Å². The van der Waals surface area contributed by atoms with Gasteiger partial charge in [-0.1, -0.05) is 12.1 Å². The van der Waals surface area contributed by atoms with E-state index in [-0.39, 0.29) is 6.54 Å². The van der Waals surface area contributed by atoms with Crippen LogP contribution in [0.3, 0.4) is 0 Å². The van der Waals surface area contributed by atoms with E-state index in [2.05, 4.69) is 5.32 Å². The molecule has 23 heavy (non-hydrogen) atoms. The van der Waals surface area contributed by atoms with Gasteiger partial charge in [0, 0.05) is 12.2 Å². The summed E-state index contributed by atoms with van der Waals surface area (Å²) >= 11 is 0. The summed E-state index contributed by atoms with van der Waals surface area (Å²) in [6.45, 7) is 2.28. The van der Waals surface area contributed by atoms with Crippen molar-refractivity contribution in [2.45, 2.75) is 19.6 Å². The van der Waals surface area contributed by atoms with E-state index in [1.165, 1.54) is 6.07 Å². The normalized spacial score (nSPS) is 11.1. The maximum absolute atomic E-state index is 12.6. The molecule has 0 bridgehead atoms. The first kappa shape index (κ1) is 16.9. The molecule has 0 heterocycles. The van der Waals surface area contributed by atoms with Crippen molar-refractivity contribution in [3.8, 4) is 0 Å². The van der Waals surface area contributed by atoms with E-state index in [1.54, 1.807) is 37.3 Å². The van der Waals surface area contributed by atoms with E-state index < -0.39 is 17.7 Å². The molecule has 2 aromatic rings. The van der Waals surface area contributed by atoms with Gasteiger partial charge in [0.05, 0.1) is 17.7 Å². The van der Waals surface area contributed by atoms with Crippen molar-refractivity contribution in [2.75, 3.05) is 11.9 Å². The number of ether oxygens (including phenoxy) is 1. The first-order valence-corrected chi connectivity index (χ1v) is 7.07. The van der Waals surface area contributed by atoms with E-state index in [0.717, 1.165) is 12.1 Å². The lowest BCUT2D eigenvalue weighted by Crippen LogP contribution is -2.07. The molecular weight excluding hydrogens is 307 g/mol. The Bertz CT molecular complexity index is 666. The number of carbonyl (C=O) groups excluding carboxylic acids is 1. The second kappa shape index (κ2) is 7.17. The minimum atomic E-state index is -4.35. The lowest BCUT2D eigenvalue weighted by atomic mass is 10.1. The topological polar surface area (TPSA) is 38.3 Å². The third-order valence-corrected chi connectivity index (χ3v) is 3.15. The van der Waals surface area contributed by atoms with Gasteiger partial charge in [-0.25, -0.2) is 4.79 Å². The first-order valence-electron chi connectivity index (χ1n) is 7.07. The molecule has 0 fully saturated rings. The standard InChI is InChI=1S/C17H16F3NO2/c1-2-23-16(22)13-6-8-15(9-7-13)21-11-12-4-3-5-14(10-12)17(18,19)20/h3-10,21H,2,11H2,1H3. The fourth-order valence-corrected chi connectivity index (χ4v) is 2.00. The molecule has 0 aliphatic rings. The highest BCUT2D eigenvalue weighted by Crippen LogP contribution is 2.29. The molecular formula is C17H16F3NO2. The van der Waals surface area contributed by atoms with Crippen molar-refractivity contribution < 1.29 is 22.7 Å². The van der Waals surface area contributed by atoms with Crippen LogP contribution < -0.4 is 5.32 Å². The molecule has 0 saturated heterocycles. The van der Waals surface area contributed by atoms with Crippen LogP contribution in [0.5, 0.6) is 0 Å². The van der Waals surface area contributed by atoms with Gasteiger partial charge in [-0.3, -0.25) is 0 Å². The SMILES string of the molecule is CCOC(=O)c1ccc(NCc2cccc(C(F)(F)F)c2)cc1. The van der Waals surface area contributed by atoms with Gasteiger partial charge in [0.1, 0.15) is 0 Å². The number of alkyl halides is 3. The molecule has 2 aromatic carbocycles. The van der Waals surface area contributed by atoms with Crippen molar-refractivity contribution in [3.05, 3.63) is 65.2 Å². The monoisotopic (exact) mass is 323 g/mol. The van der Waals surface area contributed by atoms with Gasteiger partial charge in [0.15, 0.2) is 0 Å². The van der Waals surface area contributed by atoms with Crippen LogP contribution in [0, 0.1) is 0 Å². The molecule has 0 saturated carbocycles. The molecule has 0 aliphatic heterocycles. The lowest BCUT2D eigenvalue weighted by Gasteiger charge is -2.10. The maximum Gasteiger partial charge on any atom is 0.416 e. The number of hydrogen-bond donors (Lipinski definition) is 1. The number of nitrogens with one attached hydrogen (secondary N) is 1. The van der Waals surface area contributed by atoms with E-state index >= 15 is 0 Å². The second-order valence-corrected chi connectivity index (χ2v) is 4.85. The fraction of sp³-hybridized carbons (Fsp3) is 0.235. The van der Waals surface area contributed by atoms with E-state index in [4.69, 9.17) is 4.74 Å². The van der Waals surface area contributed by atoms with Crippen molar-refractivity contribution in [1.29, 1.82) is 0 Å². The van der Waals surface area contributed by atoms with Crippen molar-refractivity contribution in [2.24, 2.45) is 0 Å². The lowest BCUT2D eigenvalue weighted by molar-refractivity contribution is -0.137. The highest BCUT2D eigenvalue weighted by atomic mass is 19.4. The third kappa shape index (κ3) is 4.74. The minimum Gasteiger partial charge on any atom is -0.462 e. The Balaban J connectivity index is 2.00. The summed E-state index contributed by atoms with van der Waals surface area (Å²) in [4.78, 5) is 11.5. The molecule has 6 heteroatoms. The second-order valence-electron chi connectivity index (χ2n) is 4.85. The average molecular weight is 323 g/mol. The van der Waals surface area contributed by atoms with Gasteiger partial charge in [-0.2, -0.15) is 13.2 Å². The van der Waals surface area contributed by atoms with Crippen LogP contribution in [-0.2, 0) is 17.5 Å². The quantitative estimate of drug-likeness (QED) is 0.824. The van der Waals surface area contributed by atoms with Gasteiger partial charge in [-0.05, 0) is 48.9 Å². The largest absolute Gasteiger partial charge is 0.462 e. The molecule has 3 nitrogen and oxygen atoms in total. The number of halogens is 3. The van der Waals surface area contributed by atoms with Crippen LogP contribution in [0.15, 0.2) is 48.5 Å². The molecule has 122 valence electrons. The predicted octanol–water partition coefficient (Wildman–Crippen LogP) is 4.49. The van der Waals surface area contributed by atoms with Gasteiger partial charge < -0.3 is 10.1 Å². The van der Waals surface area contributed by atoms with E-state index in [9.17, 15) is 18.0 Å². The molecule has 0 unspecified atom stereocenters. The van der Waals surface area contributed by atoms with Gasteiger partial charge >= 0.3 is 12.1 Å². The Morgan fingerprint density at radius 1 is 1.13 bits per heavy atom. The van der Waals surface area contributed by atoms with Crippen molar-refractivity contribution >= 4 is 11.7 Å². The summed E-state index contributed by atoms with van der Waals surface area (Å²) < 4.78 is 42.8. The van der Waals surface area contributed by atoms with Crippen molar-refractivity contribution in [3.63, 3.8) is 0 Å². The Labute approximate surface area is 132 Å². The van der Waals surface area contributed by atoms with Crippen LogP contribution in [0.2, 0.25) is 0 Å². The average Bonchev–Trinajstić information content (AvgIpc) is 2.53. The number of anilines is 1. The Hall–Kier alpha value is -2.50. The number of esters is 1. The zero-order valence-corrected chi connectivity index (χ0v) is 12.5. The van der Waals surface area contributed by atoms with Gasteiger partial charge in [0.25, 0.3) is 0 Å². The maximum atomic E-state index is 12.6. The molecule has 0 aliphatic carbocycles. The Morgan fingerprint density at radius 2 is 1.83 bits per heavy atom. The van der Waals surface area contributed by atoms with E-state index in [1.807, 2.05) is 0 Å². The molecule has 0 spiro atoms. The van der Waals surface area contributed by atoms with Crippen LogP contribution in [0.25, 0.3) is 0 Å². The molecule has 0 aromatic heterocycles. The smallest absolute Gasteiger partial charge is 0.416 e. The summed E-state index contributed by atoms with van der Waals surface area (Å²) in [5.41, 5.74) is 0.982. The Kier molecular flexibility index (Phi) is 5.26. The molecule has 1 N–H and O–H groups in total. The van der Waals surface area contributed by atoms with Crippen LogP contribution in [0.1, 0.15) is 28.4 Å². The zero-order valence-electron chi connectivity index (χ0n) is 12.5. The number of rotatable bonds is 5. The highest BCUT2D eigenvalue weighted by molar-refractivity contribution is 5.89. The fourth-order valence-electron chi connectivity index (χ4n) is 2.00. The first-order chi connectivity index (χ1) is 10.9. The summed E-state index contributed by atoms with van der Waals surface area (Å²) in [5, 5.41) is 3.02. The molecule has 0 atom stereocenters. The molecule has 0 radical (unpaired) electrons. The molecule has 2 rings (SSSR count). The highest BCUT2D eigenvalue weighted by Gasteiger charge is 2.30. The predicted molar refractivity (Wildman–Crippen MR) is 81.2 cm³/mol. The number of carbonyl (C=O) groups is 1. The van der Waals surface area contributed by atoms with Crippen LogP contribution >= 0.6 is 0 Å².